The minimum atomic E-state index is 0.0273. The van der Waals surface area contributed by atoms with Gasteiger partial charge in [0.05, 0.1) is 19.4 Å². The third-order valence-electron chi connectivity index (χ3n) is 3.81. The van der Waals surface area contributed by atoms with Crippen molar-refractivity contribution < 1.29 is 9.21 Å². The summed E-state index contributed by atoms with van der Waals surface area (Å²) in [6.45, 7) is 3.21. The summed E-state index contributed by atoms with van der Waals surface area (Å²) in [4.78, 5) is 16.0. The molecule has 0 aliphatic carbocycles. The van der Waals surface area contributed by atoms with E-state index in [1.54, 1.807) is 17.6 Å². The second-order valence-electron chi connectivity index (χ2n) is 5.65. The minimum absolute atomic E-state index is 0.0273. The van der Waals surface area contributed by atoms with Crippen LogP contribution < -0.4 is 0 Å². The zero-order valence-electron chi connectivity index (χ0n) is 14.2. The highest BCUT2D eigenvalue weighted by atomic mass is 32.2. The Balaban J connectivity index is 1.75. The van der Waals surface area contributed by atoms with Crippen LogP contribution in [0.2, 0.25) is 0 Å². The Morgan fingerprint density at radius 1 is 1.12 bits per heavy atom. The normalized spacial score (nSPS) is 10.8. The van der Waals surface area contributed by atoms with E-state index >= 15 is 0 Å². The van der Waals surface area contributed by atoms with Crippen molar-refractivity contribution in [2.75, 3.05) is 5.75 Å². The number of nitrogens with zero attached hydrogens (tertiary/aromatic N) is 1. The Morgan fingerprint density at radius 3 is 2.60 bits per heavy atom. The molecule has 1 amide bonds. The Bertz CT molecular complexity index is 728. The maximum atomic E-state index is 13.0. The first kappa shape index (κ1) is 17.8. The third kappa shape index (κ3) is 5.00. The number of carbonyl (C=O) groups is 1. The van der Waals surface area contributed by atoms with Crippen molar-refractivity contribution in [3.8, 4) is 0 Å². The van der Waals surface area contributed by atoms with Gasteiger partial charge in [0.2, 0.25) is 0 Å². The van der Waals surface area contributed by atoms with Crippen molar-refractivity contribution in [3.05, 3.63) is 81.9 Å². The summed E-state index contributed by atoms with van der Waals surface area (Å²) in [6, 6.07) is 15.8. The van der Waals surface area contributed by atoms with Gasteiger partial charge in [0.15, 0.2) is 0 Å². The summed E-state index contributed by atoms with van der Waals surface area (Å²) in [5.41, 5.74) is 1.97. The highest BCUT2D eigenvalue weighted by Gasteiger charge is 2.18. The molecule has 3 nitrogen and oxygen atoms in total. The molecule has 0 fully saturated rings. The molecular formula is C20H21NO2S2. The lowest BCUT2D eigenvalue weighted by Gasteiger charge is -2.21. The van der Waals surface area contributed by atoms with Gasteiger partial charge in [-0.2, -0.15) is 11.8 Å². The van der Waals surface area contributed by atoms with Crippen LogP contribution in [0.25, 0.3) is 0 Å². The van der Waals surface area contributed by atoms with Crippen LogP contribution in [0.3, 0.4) is 0 Å². The standard InChI is InChI=1S/C20H21NO2S2/c1-2-24-15-16-7-9-17(10-8-16)20(22)21(13-18-5-3-11-23-18)14-19-6-4-12-25-19/h3-12H,2,13-15H2,1H3. The molecule has 130 valence electrons. The smallest absolute Gasteiger partial charge is 0.254 e. The van der Waals surface area contributed by atoms with Gasteiger partial charge in [-0.15, -0.1) is 11.3 Å². The van der Waals surface area contributed by atoms with Crippen LogP contribution in [-0.2, 0) is 18.8 Å². The van der Waals surface area contributed by atoms with Crippen LogP contribution in [0, 0.1) is 0 Å². The molecule has 0 aliphatic rings. The van der Waals surface area contributed by atoms with Gasteiger partial charge < -0.3 is 9.32 Å². The average Bonchev–Trinajstić information content (AvgIpc) is 3.33. The molecular weight excluding hydrogens is 350 g/mol. The zero-order chi connectivity index (χ0) is 17.5. The molecule has 0 N–H and O–H groups in total. The van der Waals surface area contributed by atoms with Crippen molar-refractivity contribution in [3.63, 3.8) is 0 Å². The zero-order valence-corrected chi connectivity index (χ0v) is 15.8. The van der Waals surface area contributed by atoms with E-state index in [-0.39, 0.29) is 5.91 Å². The topological polar surface area (TPSA) is 33.5 Å². The Morgan fingerprint density at radius 2 is 1.96 bits per heavy atom. The van der Waals surface area contributed by atoms with Gasteiger partial charge in [-0.1, -0.05) is 25.1 Å². The van der Waals surface area contributed by atoms with Crippen molar-refractivity contribution in [1.82, 2.24) is 4.90 Å². The fraction of sp³-hybridized carbons (Fsp3) is 0.250. The van der Waals surface area contributed by atoms with Gasteiger partial charge >= 0.3 is 0 Å². The molecule has 0 saturated heterocycles. The Hall–Kier alpha value is -1.98. The summed E-state index contributed by atoms with van der Waals surface area (Å²) in [5.74, 6) is 2.90. The fourth-order valence-electron chi connectivity index (χ4n) is 2.53. The van der Waals surface area contributed by atoms with E-state index in [0.29, 0.717) is 18.7 Å². The fourth-order valence-corrected chi connectivity index (χ4v) is 3.88. The largest absolute Gasteiger partial charge is 0.467 e. The molecule has 0 aliphatic heterocycles. The number of amides is 1. The number of thiophene rings is 1. The number of hydrogen-bond donors (Lipinski definition) is 0. The molecule has 25 heavy (non-hydrogen) atoms. The number of furan rings is 1. The van der Waals surface area contributed by atoms with Gasteiger partial charge in [0.1, 0.15) is 5.76 Å². The maximum Gasteiger partial charge on any atom is 0.254 e. The lowest BCUT2D eigenvalue weighted by molar-refractivity contribution is 0.0719. The summed E-state index contributed by atoms with van der Waals surface area (Å²) < 4.78 is 5.44. The highest BCUT2D eigenvalue weighted by molar-refractivity contribution is 7.98. The molecule has 3 aromatic rings. The van der Waals surface area contributed by atoms with E-state index < -0.39 is 0 Å². The van der Waals surface area contributed by atoms with Crippen LogP contribution >= 0.6 is 23.1 Å². The number of carbonyl (C=O) groups excluding carboxylic acids is 1. The van der Waals surface area contributed by atoms with E-state index in [1.807, 2.05) is 64.5 Å². The van der Waals surface area contributed by atoms with Gasteiger partial charge in [-0.3, -0.25) is 4.79 Å². The van der Waals surface area contributed by atoms with Crippen molar-refractivity contribution >= 4 is 29.0 Å². The van der Waals surface area contributed by atoms with Crippen LogP contribution in [-0.4, -0.2) is 16.6 Å². The average molecular weight is 372 g/mol. The molecule has 2 aromatic heterocycles. The number of hydrogen-bond acceptors (Lipinski definition) is 4. The summed E-state index contributed by atoms with van der Waals surface area (Å²) in [6.07, 6.45) is 1.64. The molecule has 0 spiro atoms. The first-order valence-corrected chi connectivity index (χ1v) is 10.3. The minimum Gasteiger partial charge on any atom is -0.467 e. The van der Waals surface area contributed by atoms with Crippen LogP contribution in [0.15, 0.2) is 64.6 Å². The van der Waals surface area contributed by atoms with Gasteiger partial charge in [0.25, 0.3) is 5.91 Å². The maximum absolute atomic E-state index is 13.0. The van der Waals surface area contributed by atoms with E-state index in [1.165, 1.54) is 5.56 Å². The number of benzene rings is 1. The third-order valence-corrected chi connectivity index (χ3v) is 5.62. The second-order valence-corrected chi connectivity index (χ2v) is 7.96. The first-order valence-electron chi connectivity index (χ1n) is 8.27. The molecule has 0 atom stereocenters. The Kier molecular flexibility index (Phi) is 6.36. The molecule has 3 rings (SSSR count). The van der Waals surface area contributed by atoms with Crippen molar-refractivity contribution in [2.24, 2.45) is 0 Å². The number of rotatable bonds is 8. The molecule has 0 radical (unpaired) electrons. The highest BCUT2D eigenvalue weighted by Crippen LogP contribution is 2.19. The number of thioether (sulfide) groups is 1. The Labute approximate surface area is 156 Å². The van der Waals surface area contributed by atoms with E-state index in [4.69, 9.17) is 4.42 Å². The summed E-state index contributed by atoms with van der Waals surface area (Å²) >= 11 is 3.54. The molecule has 5 heteroatoms. The van der Waals surface area contributed by atoms with Crippen molar-refractivity contribution in [2.45, 2.75) is 25.8 Å². The van der Waals surface area contributed by atoms with Crippen LogP contribution in [0.4, 0.5) is 0 Å². The summed E-state index contributed by atoms with van der Waals surface area (Å²) in [5, 5.41) is 2.03. The summed E-state index contributed by atoms with van der Waals surface area (Å²) in [7, 11) is 0. The molecule has 0 unspecified atom stereocenters. The van der Waals surface area contributed by atoms with Gasteiger partial charge in [0, 0.05) is 16.2 Å². The van der Waals surface area contributed by atoms with Crippen LogP contribution in [0.1, 0.15) is 33.5 Å². The SMILES string of the molecule is CCSCc1ccc(C(=O)N(Cc2ccco2)Cc2cccs2)cc1. The van der Waals surface area contributed by atoms with Gasteiger partial charge in [-0.25, -0.2) is 0 Å². The lowest BCUT2D eigenvalue weighted by atomic mass is 10.1. The molecule has 0 saturated carbocycles. The quantitative estimate of drug-likeness (QED) is 0.529. The van der Waals surface area contributed by atoms with E-state index in [9.17, 15) is 4.79 Å². The van der Waals surface area contributed by atoms with E-state index in [2.05, 4.69) is 13.0 Å². The predicted octanol–water partition coefficient (Wildman–Crippen LogP) is 5.44. The predicted molar refractivity (Wildman–Crippen MR) is 105 cm³/mol. The lowest BCUT2D eigenvalue weighted by Crippen LogP contribution is -2.29. The van der Waals surface area contributed by atoms with Crippen molar-refractivity contribution in [1.29, 1.82) is 0 Å². The monoisotopic (exact) mass is 371 g/mol. The second kappa shape index (κ2) is 8.92. The van der Waals surface area contributed by atoms with Crippen LogP contribution in [0.5, 0.6) is 0 Å². The van der Waals surface area contributed by atoms with Gasteiger partial charge in [-0.05, 0) is 47.0 Å². The molecule has 1 aromatic carbocycles. The molecule has 2 heterocycles. The van der Waals surface area contributed by atoms with E-state index in [0.717, 1.165) is 22.1 Å². The molecule has 0 bridgehead atoms. The first-order chi connectivity index (χ1) is 12.3.